The van der Waals surface area contributed by atoms with Crippen LogP contribution in [-0.4, -0.2) is 68.3 Å². The van der Waals surface area contributed by atoms with Gasteiger partial charge < -0.3 is 19.7 Å². The number of piperazine rings is 1. The number of nitroso groups, excluding NO2 is 1. The normalized spacial score (nSPS) is 15.5. The standard InChI is InChI=1S/C50H97N3O5.C5H12.C2H6/c1-5-9-12-16-25-34-45(8-4)49(54)57-41-32-23-19-28-37-47-43-53(40-31-22-15-21-30-39-51-56)44-48(52-47)38-29-20-24-33-42-58-50(55)46(35-26-17-13-10-6-2)36-27-18-14-11-7-3;1-3-5-4-2;1-2/h45-48,52H,5-44H2,1-4H3;3-5H2,1-2H3;1-2H3. The number of rotatable bonds is 45. The Morgan fingerprint density at radius 3 is 1.28 bits per heavy atom. The van der Waals surface area contributed by atoms with Crippen molar-refractivity contribution in [2.24, 2.45) is 17.0 Å². The predicted octanol–water partition coefficient (Wildman–Crippen LogP) is 17.3. The molecule has 0 spiro atoms. The summed E-state index contributed by atoms with van der Waals surface area (Å²) in [6.07, 6.45) is 43.6. The maximum absolute atomic E-state index is 13.1. The van der Waals surface area contributed by atoms with E-state index in [-0.39, 0.29) is 23.8 Å². The Labute approximate surface area is 406 Å². The van der Waals surface area contributed by atoms with E-state index < -0.39 is 0 Å². The third-order valence-corrected chi connectivity index (χ3v) is 13.4. The number of esters is 2. The van der Waals surface area contributed by atoms with Gasteiger partial charge in [-0.3, -0.25) is 9.59 Å². The van der Waals surface area contributed by atoms with Gasteiger partial charge in [-0.25, -0.2) is 0 Å². The number of ether oxygens (including phenoxy) is 2. The molecular weight excluding hydrogens is 807 g/mol. The van der Waals surface area contributed by atoms with Crippen molar-refractivity contribution in [2.45, 2.75) is 305 Å². The van der Waals surface area contributed by atoms with Crippen LogP contribution in [0, 0.1) is 16.7 Å². The molecule has 3 unspecified atom stereocenters. The average Bonchev–Trinajstić information content (AvgIpc) is 3.32. The molecule has 0 saturated carbocycles. The molecular formula is C57H115N3O5. The minimum atomic E-state index is 0.0210. The molecule has 1 saturated heterocycles. The summed E-state index contributed by atoms with van der Waals surface area (Å²) < 4.78 is 11.6. The fourth-order valence-corrected chi connectivity index (χ4v) is 9.19. The van der Waals surface area contributed by atoms with E-state index in [0.29, 0.717) is 31.8 Å². The maximum Gasteiger partial charge on any atom is 0.308 e. The zero-order chi connectivity index (χ0) is 48.3. The molecule has 8 heteroatoms. The van der Waals surface area contributed by atoms with Crippen LogP contribution in [0.2, 0.25) is 0 Å². The first-order valence-electron chi connectivity index (χ1n) is 29.0. The van der Waals surface area contributed by atoms with E-state index >= 15 is 0 Å². The Kier molecular flexibility index (Phi) is 53.9. The van der Waals surface area contributed by atoms with Crippen LogP contribution in [0.15, 0.2) is 5.18 Å². The molecule has 1 N–H and O–H groups in total. The van der Waals surface area contributed by atoms with Crippen LogP contribution in [0.5, 0.6) is 0 Å². The number of nitrogens with zero attached hydrogens (tertiary/aromatic N) is 2. The van der Waals surface area contributed by atoms with Crippen LogP contribution < -0.4 is 5.32 Å². The second-order valence-electron chi connectivity index (χ2n) is 19.4. The van der Waals surface area contributed by atoms with Crippen molar-refractivity contribution in [2.75, 3.05) is 39.4 Å². The summed E-state index contributed by atoms with van der Waals surface area (Å²) >= 11 is 0. The van der Waals surface area contributed by atoms with Crippen molar-refractivity contribution in [3.63, 3.8) is 0 Å². The molecule has 1 rings (SSSR count). The molecule has 0 aromatic carbocycles. The van der Waals surface area contributed by atoms with Gasteiger partial charge in [0, 0.05) is 25.2 Å². The van der Waals surface area contributed by atoms with Gasteiger partial charge in [-0.05, 0) is 70.8 Å². The van der Waals surface area contributed by atoms with E-state index in [1.807, 2.05) is 13.8 Å². The molecule has 0 aromatic rings. The quantitative estimate of drug-likeness (QED) is 0.0369. The summed E-state index contributed by atoms with van der Waals surface area (Å²) in [5, 5.41) is 7.04. The lowest BCUT2D eigenvalue weighted by Gasteiger charge is -2.39. The van der Waals surface area contributed by atoms with Crippen molar-refractivity contribution < 1.29 is 19.1 Å². The van der Waals surface area contributed by atoms with Gasteiger partial charge in [0.25, 0.3) is 0 Å². The lowest BCUT2D eigenvalue weighted by atomic mass is 9.94. The third kappa shape index (κ3) is 43.5. The number of unbranched alkanes of at least 4 members (excludes halogenated alkanes) is 24. The summed E-state index contributed by atoms with van der Waals surface area (Å²) in [4.78, 5) is 38.8. The molecule has 3 atom stereocenters. The van der Waals surface area contributed by atoms with Crippen molar-refractivity contribution in [1.29, 1.82) is 0 Å². The zero-order valence-electron chi connectivity index (χ0n) is 45.2. The molecule has 1 aliphatic heterocycles. The van der Waals surface area contributed by atoms with Gasteiger partial charge in [-0.1, -0.05) is 234 Å². The highest BCUT2D eigenvalue weighted by molar-refractivity contribution is 5.72. The van der Waals surface area contributed by atoms with E-state index in [0.717, 1.165) is 103 Å². The molecule has 388 valence electrons. The number of carbonyl (C=O) groups excluding carboxylic acids is 2. The number of nitrogens with one attached hydrogen (secondary N) is 1. The third-order valence-electron chi connectivity index (χ3n) is 13.4. The average molecular weight is 923 g/mol. The largest absolute Gasteiger partial charge is 0.465 e. The van der Waals surface area contributed by atoms with Crippen LogP contribution in [0.4, 0.5) is 0 Å². The summed E-state index contributed by atoms with van der Waals surface area (Å²) in [6.45, 7) is 22.3. The Morgan fingerprint density at radius 1 is 0.477 bits per heavy atom. The molecule has 0 radical (unpaired) electrons. The van der Waals surface area contributed by atoms with Crippen molar-refractivity contribution in [3.8, 4) is 0 Å². The fourth-order valence-electron chi connectivity index (χ4n) is 9.19. The van der Waals surface area contributed by atoms with Gasteiger partial charge in [0.1, 0.15) is 0 Å². The van der Waals surface area contributed by atoms with Gasteiger partial charge in [-0.2, -0.15) is 4.91 Å². The van der Waals surface area contributed by atoms with Crippen molar-refractivity contribution in [1.82, 2.24) is 10.2 Å². The first-order valence-corrected chi connectivity index (χ1v) is 29.0. The van der Waals surface area contributed by atoms with Crippen LogP contribution >= 0.6 is 0 Å². The zero-order valence-corrected chi connectivity index (χ0v) is 45.2. The van der Waals surface area contributed by atoms with Crippen molar-refractivity contribution in [3.05, 3.63) is 4.91 Å². The lowest BCUT2D eigenvalue weighted by molar-refractivity contribution is -0.150. The lowest BCUT2D eigenvalue weighted by Crippen LogP contribution is -2.56. The van der Waals surface area contributed by atoms with E-state index in [1.165, 1.54) is 154 Å². The summed E-state index contributed by atoms with van der Waals surface area (Å²) in [7, 11) is 0. The van der Waals surface area contributed by atoms with Crippen molar-refractivity contribution >= 4 is 11.9 Å². The molecule has 0 aliphatic carbocycles. The van der Waals surface area contributed by atoms with Crippen LogP contribution in [-0.2, 0) is 19.1 Å². The molecule has 1 heterocycles. The van der Waals surface area contributed by atoms with E-state index in [4.69, 9.17) is 9.47 Å². The Hall–Kier alpha value is -1.54. The topological polar surface area (TPSA) is 97.3 Å². The summed E-state index contributed by atoms with van der Waals surface area (Å²) in [5.74, 6) is 0.247. The summed E-state index contributed by atoms with van der Waals surface area (Å²) in [6, 6.07) is 1.06. The number of hydrogen-bond acceptors (Lipinski definition) is 8. The molecule has 0 aromatic heterocycles. The highest BCUT2D eigenvalue weighted by Crippen LogP contribution is 2.22. The first kappa shape index (κ1) is 65.5. The number of carbonyl (C=O) groups is 2. The molecule has 65 heavy (non-hydrogen) atoms. The monoisotopic (exact) mass is 922 g/mol. The predicted molar refractivity (Wildman–Crippen MR) is 283 cm³/mol. The molecule has 1 fully saturated rings. The summed E-state index contributed by atoms with van der Waals surface area (Å²) in [5.41, 5.74) is 0. The minimum absolute atomic E-state index is 0.0210. The Balaban J connectivity index is 0. The molecule has 8 nitrogen and oxygen atoms in total. The Bertz CT molecular complexity index is 966. The highest BCUT2D eigenvalue weighted by atomic mass is 16.5. The van der Waals surface area contributed by atoms with E-state index in [9.17, 15) is 14.5 Å². The highest BCUT2D eigenvalue weighted by Gasteiger charge is 2.26. The first-order chi connectivity index (χ1) is 31.9. The maximum atomic E-state index is 13.1. The van der Waals surface area contributed by atoms with Gasteiger partial charge >= 0.3 is 11.9 Å². The number of hydrogen-bond donors (Lipinski definition) is 1. The van der Waals surface area contributed by atoms with Gasteiger partial charge in [0.15, 0.2) is 0 Å². The molecule has 1 aliphatic rings. The van der Waals surface area contributed by atoms with E-state index in [1.54, 1.807) is 0 Å². The fraction of sp³-hybridized carbons (Fsp3) is 0.965. The Morgan fingerprint density at radius 2 is 0.846 bits per heavy atom. The second kappa shape index (κ2) is 53.4. The molecule has 0 bridgehead atoms. The van der Waals surface area contributed by atoms with E-state index in [2.05, 4.69) is 56.9 Å². The minimum Gasteiger partial charge on any atom is -0.465 e. The van der Waals surface area contributed by atoms with Gasteiger partial charge in [0.2, 0.25) is 0 Å². The molecule has 0 amide bonds. The van der Waals surface area contributed by atoms with Crippen LogP contribution in [0.3, 0.4) is 0 Å². The van der Waals surface area contributed by atoms with Gasteiger partial charge in [-0.15, -0.1) is 0 Å². The second-order valence-corrected chi connectivity index (χ2v) is 19.4. The smallest absolute Gasteiger partial charge is 0.308 e. The van der Waals surface area contributed by atoms with Crippen LogP contribution in [0.1, 0.15) is 293 Å². The van der Waals surface area contributed by atoms with Gasteiger partial charge in [0.05, 0.1) is 31.6 Å². The SMILES string of the molecule is CC.CCCCC.CCCCCCCC(CC)C(=O)OCCCCCCC1CN(CCCCCCCN=O)CC(CCCCCCOC(=O)C(CCCCCCC)CCCCCCC)N1. The van der Waals surface area contributed by atoms with Crippen LogP contribution in [0.25, 0.3) is 0 Å².